The first-order valence-electron chi connectivity index (χ1n) is 8.31. The second-order valence-corrected chi connectivity index (χ2v) is 6.58. The van der Waals surface area contributed by atoms with Crippen molar-refractivity contribution in [2.24, 2.45) is 5.92 Å². The van der Waals surface area contributed by atoms with Gasteiger partial charge in [-0.25, -0.2) is 0 Å². The first-order chi connectivity index (χ1) is 11.0. The Labute approximate surface area is 137 Å². The van der Waals surface area contributed by atoms with Crippen LogP contribution in [0.3, 0.4) is 0 Å². The van der Waals surface area contributed by atoms with Gasteiger partial charge in [-0.15, -0.1) is 0 Å². The van der Waals surface area contributed by atoms with Gasteiger partial charge in [0.1, 0.15) is 0 Å². The highest BCUT2D eigenvalue weighted by molar-refractivity contribution is 6.00. The van der Waals surface area contributed by atoms with Gasteiger partial charge in [0.2, 0.25) is 11.8 Å². The molecule has 1 N–H and O–H groups in total. The van der Waals surface area contributed by atoms with Gasteiger partial charge < -0.3 is 15.0 Å². The minimum absolute atomic E-state index is 0.0224. The molecule has 2 aliphatic heterocycles. The topological polar surface area (TPSA) is 58.6 Å². The zero-order valence-electron chi connectivity index (χ0n) is 13.8. The standard InChI is InChI=1S/C18H24N2O3/c1-12-5-6-16(13(2)8-12)20-11-14(9-17(20)21)18(22)19-10-15-4-3-7-23-15/h5-6,8,14-15H,3-4,7,9-11H2,1-2H3,(H,19,22)/t14-,15-/m0/s1. The third kappa shape index (κ3) is 3.55. The summed E-state index contributed by atoms with van der Waals surface area (Å²) < 4.78 is 5.51. The molecule has 23 heavy (non-hydrogen) atoms. The van der Waals surface area contributed by atoms with Crippen LogP contribution >= 0.6 is 0 Å². The molecule has 5 nitrogen and oxygen atoms in total. The average Bonchev–Trinajstić information content (AvgIpc) is 3.15. The number of nitrogens with zero attached hydrogens (tertiary/aromatic N) is 1. The van der Waals surface area contributed by atoms with Gasteiger partial charge >= 0.3 is 0 Å². The number of anilines is 1. The molecule has 124 valence electrons. The lowest BCUT2D eigenvalue weighted by Gasteiger charge is -2.19. The number of nitrogens with one attached hydrogen (secondary N) is 1. The first kappa shape index (κ1) is 16.0. The summed E-state index contributed by atoms with van der Waals surface area (Å²) in [5, 5.41) is 2.94. The maximum atomic E-state index is 12.3. The highest BCUT2D eigenvalue weighted by Crippen LogP contribution is 2.28. The number of hydrogen-bond donors (Lipinski definition) is 1. The molecule has 3 rings (SSSR count). The number of carbonyl (C=O) groups excluding carboxylic acids is 2. The Morgan fingerprint density at radius 3 is 2.91 bits per heavy atom. The maximum Gasteiger partial charge on any atom is 0.227 e. The van der Waals surface area contributed by atoms with E-state index in [0.29, 0.717) is 13.1 Å². The van der Waals surface area contributed by atoms with Gasteiger partial charge in [-0.3, -0.25) is 9.59 Å². The van der Waals surface area contributed by atoms with Crippen LogP contribution in [0.2, 0.25) is 0 Å². The van der Waals surface area contributed by atoms with Crippen LogP contribution in [0.1, 0.15) is 30.4 Å². The molecule has 0 unspecified atom stereocenters. The van der Waals surface area contributed by atoms with Gasteiger partial charge in [0.15, 0.2) is 0 Å². The molecule has 2 saturated heterocycles. The van der Waals surface area contributed by atoms with Crippen LogP contribution in [0.15, 0.2) is 18.2 Å². The predicted octanol–water partition coefficient (Wildman–Crippen LogP) is 1.95. The molecule has 0 saturated carbocycles. The lowest BCUT2D eigenvalue weighted by molar-refractivity contribution is -0.126. The second kappa shape index (κ2) is 6.71. The van der Waals surface area contributed by atoms with Gasteiger partial charge in [0.05, 0.1) is 12.0 Å². The van der Waals surface area contributed by atoms with Crippen molar-refractivity contribution in [1.82, 2.24) is 5.32 Å². The largest absolute Gasteiger partial charge is 0.376 e. The molecule has 0 spiro atoms. The molecule has 0 aromatic heterocycles. The van der Waals surface area contributed by atoms with Crippen LogP contribution < -0.4 is 10.2 Å². The molecule has 2 atom stereocenters. The second-order valence-electron chi connectivity index (χ2n) is 6.58. The van der Waals surface area contributed by atoms with E-state index in [0.717, 1.165) is 30.7 Å². The number of benzene rings is 1. The summed E-state index contributed by atoms with van der Waals surface area (Å²) in [4.78, 5) is 26.4. The summed E-state index contributed by atoms with van der Waals surface area (Å²) in [6.45, 7) is 5.82. The van der Waals surface area contributed by atoms with Crippen molar-refractivity contribution >= 4 is 17.5 Å². The van der Waals surface area contributed by atoms with Crippen molar-refractivity contribution in [3.63, 3.8) is 0 Å². The number of amides is 2. The van der Waals surface area contributed by atoms with Crippen LogP contribution in [0.4, 0.5) is 5.69 Å². The Bertz CT molecular complexity index is 608. The zero-order chi connectivity index (χ0) is 16.4. The molecule has 5 heteroatoms. The number of ether oxygens (including phenoxy) is 1. The van der Waals surface area contributed by atoms with Gasteiger partial charge in [-0.2, -0.15) is 0 Å². The lowest BCUT2D eigenvalue weighted by atomic mass is 10.1. The number of hydrogen-bond acceptors (Lipinski definition) is 3. The van der Waals surface area contributed by atoms with Crippen molar-refractivity contribution in [2.45, 2.75) is 39.2 Å². The molecule has 2 heterocycles. The normalized spacial score (nSPS) is 24.3. The summed E-state index contributed by atoms with van der Waals surface area (Å²) >= 11 is 0. The van der Waals surface area contributed by atoms with Crippen molar-refractivity contribution in [1.29, 1.82) is 0 Å². The maximum absolute atomic E-state index is 12.3. The Morgan fingerprint density at radius 2 is 2.22 bits per heavy atom. The van der Waals surface area contributed by atoms with E-state index >= 15 is 0 Å². The Kier molecular flexibility index (Phi) is 4.66. The molecule has 0 radical (unpaired) electrons. The third-order valence-electron chi connectivity index (χ3n) is 4.67. The van der Waals surface area contributed by atoms with E-state index in [4.69, 9.17) is 4.74 Å². The van der Waals surface area contributed by atoms with Crippen LogP contribution in [-0.4, -0.2) is 37.6 Å². The molecule has 2 amide bonds. The van der Waals surface area contributed by atoms with Gasteiger partial charge in [-0.05, 0) is 38.3 Å². The predicted molar refractivity (Wildman–Crippen MR) is 88.4 cm³/mol. The van der Waals surface area contributed by atoms with Crippen molar-refractivity contribution in [3.05, 3.63) is 29.3 Å². The highest BCUT2D eigenvalue weighted by Gasteiger charge is 2.35. The molecule has 0 bridgehead atoms. The fourth-order valence-corrected chi connectivity index (χ4v) is 3.39. The van der Waals surface area contributed by atoms with Crippen LogP contribution in [0.25, 0.3) is 0 Å². The summed E-state index contributed by atoms with van der Waals surface area (Å²) in [5.74, 6) is -0.292. The van der Waals surface area contributed by atoms with Gasteiger partial charge in [0, 0.05) is 31.8 Å². The summed E-state index contributed by atoms with van der Waals surface area (Å²) in [5.41, 5.74) is 3.15. The fourth-order valence-electron chi connectivity index (χ4n) is 3.39. The van der Waals surface area contributed by atoms with E-state index in [9.17, 15) is 9.59 Å². The third-order valence-corrected chi connectivity index (χ3v) is 4.67. The minimum atomic E-state index is -0.274. The fraction of sp³-hybridized carbons (Fsp3) is 0.556. The van der Waals surface area contributed by atoms with Crippen molar-refractivity contribution in [2.75, 3.05) is 24.6 Å². The first-order valence-corrected chi connectivity index (χ1v) is 8.31. The highest BCUT2D eigenvalue weighted by atomic mass is 16.5. The Hall–Kier alpha value is -1.88. The van der Waals surface area contributed by atoms with E-state index in [1.165, 1.54) is 5.56 Å². The molecular weight excluding hydrogens is 292 g/mol. The van der Waals surface area contributed by atoms with E-state index in [1.54, 1.807) is 4.90 Å². The Balaban J connectivity index is 1.61. The Morgan fingerprint density at radius 1 is 1.39 bits per heavy atom. The van der Waals surface area contributed by atoms with E-state index in [-0.39, 0.29) is 30.3 Å². The number of aryl methyl sites for hydroxylation is 2. The molecule has 1 aromatic carbocycles. The summed E-state index contributed by atoms with van der Waals surface area (Å²) in [6, 6.07) is 6.03. The lowest BCUT2D eigenvalue weighted by Crippen LogP contribution is -2.37. The summed E-state index contributed by atoms with van der Waals surface area (Å²) in [7, 11) is 0. The molecule has 0 aliphatic carbocycles. The van der Waals surface area contributed by atoms with Crippen LogP contribution in [0, 0.1) is 19.8 Å². The molecule has 1 aromatic rings. The molecular formula is C18H24N2O3. The molecule has 2 fully saturated rings. The smallest absolute Gasteiger partial charge is 0.227 e. The van der Waals surface area contributed by atoms with E-state index in [1.807, 2.05) is 26.0 Å². The number of rotatable bonds is 4. The molecule has 2 aliphatic rings. The zero-order valence-corrected chi connectivity index (χ0v) is 13.8. The van der Waals surface area contributed by atoms with E-state index < -0.39 is 0 Å². The van der Waals surface area contributed by atoms with Gasteiger partial charge in [-0.1, -0.05) is 17.7 Å². The van der Waals surface area contributed by atoms with Crippen LogP contribution in [0.5, 0.6) is 0 Å². The monoisotopic (exact) mass is 316 g/mol. The van der Waals surface area contributed by atoms with Crippen LogP contribution in [-0.2, 0) is 14.3 Å². The van der Waals surface area contributed by atoms with Gasteiger partial charge in [0.25, 0.3) is 0 Å². The average molecular weight is 316 g/mol. The summed E-state index contributed by atoms with van der Waals surface area (Å²) in [6.07, 6.45) is 2.47. The number of carbonyl (C=O) groups is 2. The van der Waals surface area contributed by atoms with Crippen molar-refractivity contribution in [3.8, 4) is 0 Å². The quantitative estimate of drug-likeness (QED) is 0.924. The SMILES string of the molecule is Cc1ccc(N2C[C@@H](C(=O)NC[C@@H]3CCCO3)CC2=O)c(C)c1. The minimum Gasteiger partial charge on any atom is -0.376 e. The van der Waals surface area contributed by atoms with Crippen molar-refractivity contribution < 1.29 is 14.3 Å². The van der Waals surface area contributed by atoms with E-state index in [2.05, 4.69) is 11.4 Å².